The van der Waals surface area contributed by atoms with Crippen molar-refractivity contribution in [2.24, 2.45) is 0 Å². The van der Waals surface area contributed by atoms with E-state index in [1.54, 1.807) is 24.8 Å². The molecule has 0 amide bonds. The number of aromatic amines is 1. The van der Waals surface area contributed by atoms with E-state index in [2.05, 4.69) is 9.97 Å². The summed E-state index contributed by atoms with van der Waals surface area (Å²) in [6.07, 6.45) is 6.95. The van der Waals surface area contributed by atoms with Gasteiger partial charge in [-0.05, 0) is 18.3 Å². The van der Waals surface area contributed by atoms with E-state index in [4.69, 9.17) is 17.1 Å². The molecular weight excluding hydrogens is 198 g/mol. The maximum absolute atomic E-state index is 5.40. The summed E-state index contributed by atoms with van der Waals surface area (Å²) in [5.74, 6) is 0. The molecule has 2 aromatic heterocycles. The van der Waals surface area contributed by atoms with Crippen LogP contribution >= 0.6 is 12.2 Å². The van der Waals surface area contributed by atoms with Gasteiger partial charge in [0.05, 0.1) is 6.20 Å². The van der Waals surface area contributed by atoms with Crippen LogP contribution in [0.5, 0.6) is 0 Å². The highest BCUT2D eigenvalue weighted by Crippen LogP contribution is 1.96. The van der Waals surface area contributed by atoms with E-state index in [-0.39, 0.29) is 0 Å². The average Bonchev–Trinajstić information content (AvgIpc) is 2.63. The molecule has 0 atom stereocenters. The third-order valence-electron chi connectivity index (χ3n) is 1.71. The summed E-state index contributed by atoms with van der Waals surface area (Å²) < 4.78 is 2.07. The third kappa shape index (κ3) is 2.00. The monoisotopic (exact) mass is 207 g/mol. The summed E-state index contributed by atoms with van der Waals surface area (Å²) in [4.78, 5) is 12.2. The lowest BCUT2D eigenvalue weighted by molar-refractivity contribution is 0.0938. The maximum atomic E-state index is 5.40. The minimum absolute atomic E-state index is 0.458. The average molecular weight is 207 g/mol. The van der Waals surface area contributed by atoms with Crippen molar-refractivity contribution in [2.45, 2.75) is 6.61 Å². The molecule has 0 aliphatic carbocycles. The first-order valence-corrected chi connectivity index (χ1v) is 4.55. The molecule has 0 aliphatic heterocycles. The van der Waals surface area contributed by atoms with Crippen molar-refractivity contribution in [2.75, 3.05) is 0 Å². The Morgan fingerprint density at radius 2 is 2.50 bits per heavy atom. The van der Waals surface area contributed by atoms with Gasteiger partial charge >= 0.3 is 0 Å². The lowest BCUT2D eigenvalue weighted by atomic mass is 10.3. The third-order valence-corrected chi connectivity index (χ3v) is 2.01. The SMILES string of the molecule is S=c1[nH]ccn1OCc1cccnc1. The summed E-state index contributed by atoms with van der Waals surface area (Å²) in [7, 11) is 0. The highest BCUT2D eigenvalue weighted by Gasteiger charge is 1.94. The molecule has 0 unspecified atom stereocenters. The van der Waals surface area contributed by atoms with Gasteiger partial charge in [-0.15, -0.1) is 0 Å². The smallest absolute Gasteiger partial charge is 0.211 e. The van der Waals surface area contributed by atoms with E-state index >= 15 is 0 Å². The molecule has 0 saturated heterocycles. The molecule has 72 valence electrons. The van der Waals surface area contributed by atoms with Gasteiger partial charge in [-0.25, -0.2) is 0 Å². The van der Waals surface area contributed by atoms with Gasteiger partial charge < -0.3 is 9.82 Å². The van der Waals surface area contributed by atoms with Crippen LogP contribution in [-0.4, -0.2) is 14.7 Å². The predicted molar refractivity (Wildman–Crippen MR) is 54.1 cm³/mol. The van der Waals surface area contributed by atoms with Gasteiger partial charge in [-0.1, -0.05) is 6.07 Å². The lowest BCUT2D eigenvalue weighted by Gasteiger charge is -2.04. The fourth-order valence-electron chi connectivity index (χ4n) is 1.04. The zero-order chi connectivity index (χ0) is 9.80. The summed E-state index contributed by atoms with van der Waals surface area (Å²) in [5, 5.41) is 0. The fourth-order valence-corrected chi connectivity index (χ4v) is 1.22. The molecule has 0 fully saturated rings. The molecule has 5 heteroatoms. The van der Waals surface area contributed by atoms with Crippen LogP contribution < -0.4 is 4.84 Å². The van der Waals surface area contributed by atoms with Crippen LogP contribution in [0.3, 0.4) is 0 Å². The van der Waals surface area contributed by atoms with Crippen LogP contribution in [0.2, 0.25) is 0 Å². The highest BCUT2D eigenvalue weighted by molar-refractivity contribution is 7.71. The number of nitrogens with one attached hydrogen (secondary N) is 1. The van der Waals surface area contributed by atoms with Crippen LogP contribution in [0.1, 0.15) is 5.56 Å². The lowest BCUT2D eigenvalue weighted by Crippen LogP contribution is -2.09. The second kappa shape index (κ2) is 4.06. The van der Waals surface area contributed by atoms with Crippen molar-refractivity contribution in [1.29, 1.82) is 0 Å². The molecule has 0 aliphatic rings. The van der Waals surface area contributed by atoms with Gasteiger partial charge in [0, 0.05) is 24.2 Å². The van der Waals surface area contributed by atoms with Gasteiger partial charge in [0.25, 0.3) is 0 Å². The summed E-state index contributed by atoms with van der Waals surface area (Å²) in [6, 6.07) is 3.82. The molecule has 0 bridgehead atoms. The Balaban J connectivity index is 2.02. The molecular formula is C9H9N3OS. The summed E-state index contributed by atoms with van der Waals surface area (Å²) >= 11 is 4.97. The van der Waals surface area contributed by atoms with Crippen molar-refractivity contribution in [3.05, 3.63) is 47.3 Å². The minimum Gasteiger partial charge on any atom is -0.407 e. The van der Waals surface area contributed by atoms with Gasteiger partial charge in [-0.3, -0.25) is 4.98 Å². The topological polar surface area (TPSA) is 42.8 Å². The van der Waals surface area contributed by atoms with E-state index in [1.807, 2.05) is 12.1 Å². The Morgan fingerprint density at radius 1 is 1.57 bits per heavy atom. The van der Waals surface area contributed by atoms with Crippen molar-refractivity contribution in [1.82, 2.24) is 14.7 Å². The van der Waals surface area contributed by atoms with Crippen molar-refractivity contribution >= 4 is 12.2 Å². The van der Waals surface area contributed by atoms with E-state index in [9.17, 15) is 0 Å². The molecule has 2 aromatic rings. The Morgan fingerprint density at radius 3 is 3.14 bits per heavy atom. The second-order valence-electron chi connectivity index (χ2n) is 2.73. The van der Waals surface area contributed by atoms with Gasteiger partial charge in [-0.2, -0.15) is 4.73 Å². The first kappa shape index (κ1) is 8.96. The minimum atomic E-state index is 0.458. The molecule has 2 heterocycles. The standard InChI is InChI=1S/C9H9N3OS/c14-9-11-4-5-12(9)13-7-8-2-1-3-10-6-8/h1-6H,7H2,(H,11,14). The summed E-state index contributed by atoms with van der Waals surface area (Å²) in [5.41, 5.74) is 1.01. The van der Waals surface area contributed by atoms with Gasteiger partial charge in [0.15, 0.2) is 0 Å². The number of aromatic nitrogens is 3. The zero-order valence-corrected chi connectivity index (χ0v) is 8.20. The number of nitrogens with zero attached hydrogens (tertiary/aromatic N) is 2. The van der Waals surface area contributed by atoms with Gasteiger partial charge in [0.2, 0.25) is 4.77 Å². The normalized spacial score (nSPS) is 10.0. The first-order valence-electron chi connectivity index (χ1n) is 4.14. The second-order valence-corrected chi connectivity index (χ2v) is 3.11. The van der Waals surface area contributed by atoms with Crippen molar-refractivity contribution in [3.8, 4) is 0 Å². The maximum Gasteiger partial charge on any atom is 0.211 e. The number of H-pyrrole nitrogens is 1. The predicted octanol–water partition coefficient (Wildman–Crippen LogP) is 1.57. The van der Waals surface area contributed by atoms with Crippen LogP contribution in [0.15, 0.2) is 36.9 Å². The molecule has 0 spiro atoms. The first-order chi connectivity index (χ1) is 6.86. The van der Waals surface area contributed by atoms with Crippen LogP contribution in [0.25, 0.3) is 0 Å². The van der Waals surface area contributed by atoms with Crippen LogP contribution in [-0.2, 0) is 6.61 Å². The molecule has 14 heavy (non-hydrogen) atoms. The number of pyridine rings is 1. The Labute approximate surface area is 86.1 Å². The molecule has 0 aromatic carbocycles. The highest BCUT2D eigenvalue weighted by atomic mass is 32.1. The largest absolute Gasteiger partial charge is 0.407 e. The van der Waals surface area contributed by atoms with E-state index in [0.29, 0.717) is 11.4 Å². The molecule has 4 nitrogen and oxygen atoms in total. The Kier molecular flexibility index (Phi) is 2.60. The van der Waals surface area contributed by atoms with Gasteiger partial charge in [0.1, 0.15) is 6.61 Å². The number of rotatable bonds is 3. The van der Waals surface area contributed by atoms with Crippen molar-refractivity contribution in [3.63, 3.8) is 0 Å². The molecule has 0 saturated carbocycles. The summed E-state index contributed by atoms with van der Waals surface area (Å²) in [6.45, 7) is 0.458. The molecule has 1 N–H and O–H groups in total. The Hall–Kier alpha value is -1.62. The van der Waals surface area contributed by atoms with Crippen molar-refractivity contribution < 1.29 is 4.84 Å². The number of hydrogen-bond donors (Lipinski definition) is 1. The fraction of sp³-hybridized carbons (Fsp3) is 0.111. The number of imidazole rings is 1. The molecule has 0 radical (unpaired) electrons. The van der Waals surface area contributed by atoms with E-state index in [1.165, 1.54) is 4.73 Å². The van der Waals surface area contributed by atoms with E-state index < -0.39 is 0 Å². The Bertz CT molecular complexity index is 448. The quantitative estimate of drug-likeness (QED) is 0.777. The van der Waals surface area contributed by atoms with Crippen LogP contribution in [0, 0.1) is 4.77 Å². The molecule has 2 rings (SSSR count). The zero-order valence-electron chi connectivity index (χ0n) is 7.38. The van der Waals surface area contributed by atoms with Crippen LogP contribution in [0.4, 0.5) is 0 Å². The number of hydrogen-bond acceptors (Lipinski definition) is 3. The van der Waals surface area contributed by atoms with E-state index in [0.717, 1.165) is 5.56 Å².